The van der Waals surface area contributed by atoms with E-state index in [1.54, 1.807) is 32.3 Å². The Bertz CT molecular complexity index is 1420. The van der Waals surface area contributed by atoms with Gasteiger partial charge in [-0.3, -0.25) is 28.2 Å². The van der Waals surface area contributed by atoms with Gasteiger partial charge in [0.2, 0.25) is 5.95 Å². The summed E-state index contributed by atoms with van der Waals surface area (Å²) in [6.07, 6.45) is 5.77. The normalized spacial score (nSPS) is 21.2. The molecule has 0 bridgehead atoms. The van der Waals surface area contributed by atoms with E-state index in [0.717, 1.165) is 11.8 Å². The molecule has 1 saturated heterocycles. The molecule has 1 aliphatic rings. The first-order valence-corrected chi connectivity index (χ1v) is 15.7. The number of nitrogens with one attached hydrogen (secondary N) is 2. The van der Waals surface area contributed by atoms with Crippen LogP contribution < -0.4 is 16.4 Å². The number of imidazole rings is 1. The maximum absolute atomic E-state index is 13.7. The fourth-order valence-corrected chi connectivity index (χ4v) is 6.30. The van der Waals surface area contributed by atoms with Gasteiger partial charge in [-0.15, -0.1) is 6.42 Å². The Morgan fingerprint density at radius 3 is 2.79 bits per heavy atom. The Hall–Kier alpha value is -2.77. The zero-order valence-corrected chi connectivity index (χ0v) is 25.8. The molecule has 0 aromatic carbocycles. The Morgan fingerprint density at radius 2 is 2.14 bits per heavy atom. The number of carbonyl (C=O) groups excluding carboxylic acids is 2. The predicted molar refractivity (Wildman–Crippen MR) is 155 cm³/mol. The number of nitrogens with zero attached hydrogens (tertiary/aromatic N) is 3. The lowest BCUT2D eigenvalue weighted by molar-refractivity contribution is -0.148. The summed E-state index contributed by atoms with van der Waals surface area (Å²) in [5, 5.41) is 11.6. The number of aliphatic hydroxyl groups is 1. The van der Waals surface area contributed by atoms with E-state index >= 15 is 0 Å². The largest absolute Gasteiger partial charge is 0.461 e. The number of rotatable bonds is 14. The molecule has 1 aliphatic heterocycles. The number of hydrogen-bond acceptors (Lipinski definition) is 13. The van der Waals surface area contributed by atoms with Crippen LogP contribution in [0.2, 0.25) is 0 Å². The molecule has 2 aromatic rings. The highest BCUT2D eigenvalue weighted by Crippen LogP contribution is 2.46. The van der Waals surface area contributed by atoms with E-state index in [2.05, 4.69) is 26.0 Å². The quantitative estimate of drug-likeness (QED) is 0.101. The Kier molecular flexibility index (Phi) is 11.4. The Morgan fingerprint density at radius 1 is 1.43 bits per heavy atom. The van der Waals surface area contributed by atoms with Gasteiger partial charge in [-0.1, -0.05) is 24.6 Å². The van der Waals surface area contributed by atoms with Gasteiger partial charge in [0.1, 0.15) is 6.23 Å². The fraction of sp³-hybridized carbons (Fsp3) is 0.640. The number of aliphatic hydroxyl groups excluding tert-OH is 1. The van der Waals surface area contributed by atoms with Crippen LogP contribution in [-0.4, -0.2) is 79.5 Å². The van der Waals surface area contributed by atoms with Gasteiger partial charge >= 0.3 is 13.7 Å². The van der Waals surface area contributed by atoms with Crippen LogP contribution >= 0.6 is 19.5 Å². The minimum Gasteiger partial charge on any atom is -0.461 e. The van der Waals surface area contributed by atoms with Gasteiger partial charge in [-0.2, -0.15) is 10.1 Å². The third kappa shape index (κ3) is 8.41. The second-order valence-electron chi connectivity index (χ2n) is 10.7. The maximum atomic E-state index is 13.7. The second-order valence-corrected chi connectivity index (χ2v) is 13.5. The summed E-state index contributed by atoms with van der Waals surface area (Å²) in [5.41, 5.74) is 4.62. The van der Waals surface area contributed by atoms with E-state index in [9.17, 15) is 24.1 Å². The van der Waals surface area contributed by atoms with Crippen molar-refractivity contribution in [1.29, 1.82) is 0 Å². The van der Waals surface area contributed by atoms with Crippen molar-refractivity contribution in [2.45, 2.75) is 65.5 Å². The summed E-state index contributed by atoms with van der Waals surface area (Å²) < 4.78 is 37.8. The molecular formula is C25H37N6O9PS. The van der Waals surface area contributed by atoms with Crippen LogP contribution in [0.15, 0.2) is 11.1 Å². The minimum atomic E-state index is -4.24. The number of aromatic amines is 1. The van der Waals surface area contributed by atoms with Crippen LogP contribution in [0.5, 0.6) is 0 Å². The third-order valence-corrected chi connectivity index (χ3v) is 8.95. The number of thioether (sulfide) groups is 1. The number of aromatic nitrogens is 4. The van der Waals surface area contributed by atoms with Crippen molar-refractivity contribution in [3.63, 3.8) is 0 Å². The topological polar surface area (TPSA) is 210 Å². The van der Waals surface area contributed by atoms with Crippen molar-refractivity contribution < 1.29 is 37.8 Å². The standard InChI is InChI=1S/C25H37N6O9PS/c1-7-17(22(34)39-14(2)3)30-41(36,37-8-9-42-23(35)25(5,6)12-32)38-11-16-10-15(4)21(40-16)31-13-27-18-19(31)28-24(26)29-20(18)33/h1,13-17,21,32H,8-12H2,2-6H3,(H,30,36)(H3,26,28,29,33). The zero-order valence-electron chi connectivity index (χ0n) is 24.1. The van der Waals surface area contributed by atoms with Crippen LogP contribution in [0.25, 0.3) is 11.2 Å². The van der Waals surface area contributed by atoms with Crippen molar-refractivity contribution >= 4 is 47.7 Å². The molecular weight excluding hydrogens is 591 g/mol. The van der Waals surface area contributed by atoms with Crippen LogP contribution in [-0.2, 0) is 32.7 Å². The lowest BCUT2D eigenvalue weighted by atomic mass is 9.97. The molecule has 3 rings (SSSR count). The van der Waals surface area contributed by atoms with Gasteiger partial charge in [0.05, 0.1) is 43.8 Å². The highest BCUT2D eigenvalue weighted by molar-refractivity contribution is 8.13. The average molecular weight is 629 g/mol. The fourth-order valence-electron chi connectivity index (χ4n) is 3.96. The van der Waals surface area contributed by atoms with Crippen LogP contribution in [0, 0.1) is 23.7 Å². The first-order valence-electron chi connectivity index (χ1n) is 13.2. The molecule has 5 unspecified atom stereocenters. The molecule has 42 heavy (non-hydrogen) atoms. The van der Waals surface area contributed by atoms with E-state index in [-0.39, 0.29) is 53.7 Å². The first-order chi connectivity index (χ1) is 19.7. The smallest absolute Gasteiger partial charge is 0.407 e. The molecule has 0 radical (unpaired) electrons. The highest BCUT2D eigenvalue weighted by Gasteiger charge is 2.38. The number of anilines is 1. The number of fused-ring (bicyclic) bond motifs is 1. The second kappa shape index (κ2) is 14.1. The molecule has 0 saturated carbocycles. The molecule has 17 heteroatoms. The van der Waals surface area contributed by atoms with Gasteiger partial charge in [0.15, 0.2) is 22.3 Å². The molecule has 0 spiro atoms. The summed E-state index contributed by atoms with van der Waals surface area (Å²) in [6.45, 7) is 7.64. The third-order valence-electron chi connectivity index (χ3n) is 6.18. The number of hydrogen-bond donors (Lipinski definition) is 4. The summed E-state index contributed by atoms with van der Waals surface area (Å²) in [6, 6.07) is -1.44. The maximum Gasteiger partial charge on any atom is 0.407 e. The molecule has 5 atom stereocenters. The number of nitrogens with two attached hydrogens (primary N) is 1. The first kappa shape index (κ1) is 33.7. The summed E-state index contributed by atoms with van der Waals surface area (Å²) in [5.74, 6) is 1.29. The molecule has 3 heterocycles. The molecule has 232 valence electrons. The van der Waals surface area contributed by atoms with Gasteiger partial charge in [-0.05, 0) is 34.1 Å². The van der Waals surface area contributed by atoms with Crippen molar-refractivity contribution in [2.24, 2.45) is 11.3 Å². The zero-order chi connectivity index (χ0) is 31.2. The Balaban J connectivity index is 1.71. The predicted octanol–water partition coefficient (Wildman–Crippen LogP) is 1.59. The number of H-pyrrole nitrogens is 1. The van der Waals surface area contributed by atoms with Crippen LogP contribution in [0.3, 0.4) is 0 Å². The minimum absolute atomic E-state index is 0.0669. The molecule has 0 amide bonds. The van der Waals surface area contributed by atoms with E-state index in [1.165, 1.54) is 6.33 Å². The highest BCUT2D eigenvalue weighted by atomic mass is 32.2. The molecule has 5 N–H and O–H groups in total. The van der Waals surface area contributed by atoms with Crippen LogP contribution in [0.1, 0.15) is 47.3 Å². The summed E-state index contributed by atoms with van der Waals surface area (Å²) in [7, 11) is -4.24. The summed E-state index contributed by atoms with van der Waals surface area (Å²) in [4.78, 5) is 47.6. The number of nitrogen functional groups attached to an aromatic ring is 1. The van der Waals surface area contributed by atoms with E-state index in [1.807, 2.05) is 6.92 Å². The lowest BCUT2D eigenvalue weighted by Gasteiger charge is -2.24. The van der Waals surface area contributed by atoms with Crippen LogP contribution in [0.4, 0.5) is 5.95 Å². The van der Waals surface area contributed by atoms with Gasteiger partial charge in [-0.25, -0.2) is 14.3 Å². The SMILES string of the molecule is C#CC(NP(=O)(OCCSC(=O)C(C)(C)CO)OCC1CC(C)C(n2cnc3c(=O)[nH]c(N)nc32)O1)C(=O)OC(C)C. The number of ether oxygens (including phenoxy) is 2. The monoisotopic (exact) mass is 628 g/mol. The van der Waals surface area contributed by atoms with Crippen molar-refractivity contribution in [2.75, 3.05) is 31.3 Å². The Labute approximate surface area is 247 Å². The molecule has 2 aromatic heterocycles. The van der Waals surface area contributed by atoms with Crippen molar-refractivity contribution in [3.05, 3.63) is 16.7 Å². The van der Waals surface area contributed by atoms with Gasteiger partial charge in [0, 0.05) is 11.7 Å². The lowest BCUT2D eigenvalue weighted by Crippen LogP contribution is -2.37. The molecule has 0 aliphatic carbocycles. The van der Waals surface area contributed by atoms with E-state index in [0.29, 0.717) is 6.42 Å². The van der Waals surface area contributed by atoms with Crippen molar-refractivity contribution in [3.8, 4) is 12.3 Å². The number of carbonyl (C=O) groups is 2. The van der Waals surface area contributed by atoms with Crippen molar-refractivity contribution in [1.82, 2.24) is 24.6 Å². The van der Waals surface area contributed by atoms with Gasteiger partial charge in [0.25, 0.3) is 5.56 Å². The van der Waals surface area contributed by atoms with E-state index in [4.69, 9.17) is 30.7 Å². The molecule has 15 nitrogen and oxygen atoms in total. The number of esters is 1. The average Bonchev–Trinajstić information content (AvgIpc) is 3.50. The molecule has 1 fully saturated rings. The number of terminal acetylenes is 1. The van der Waals surface area contributed by atoms with E-state index < -0.39 is 49.2 Å². The van der Waals surface area contributed by atoms with Gasteiger partial charge < -0.3 is 20.3 Å². The summed E-state index contributed by atoms with van der Waals surface area (Å²) >= 11 is 0.900.